The third kappa shape index (κ3) is 3.61. The fourth-order valence-electron chi connectivity index (χ4n) is 2.60. The molecule has 0 spiro atoms. The van der Waals surface area contributed by atoms with E-state index in [2.05, 4.69) is 32.9 Å². The summed E-state index contributed by atoms with van der Waals surface area (Å²) in [6.07, 6.45) is 0. The van der Waals surface area contributed by atoms with Gasteiger partial charge in [-0.1, -0.05) is 23.8 Å². The van der Waals surface area contributed by atoms with Crippen molar-refractivity contribution in [1.29, 1.82) is 0 Å². The van der Waals surface area contributed by atoms with E-state index in [0.717, 1.165) is 11.1 Å². The standard InChI is InChI=1S/C18H22FNO/c1-11-7-12(2)17(13(3)8-11)10-21-18-9-15(19)5-6-16(18)14(4)20/h5-9,14H,10,20H2,1-4H3/t14-/m1/s1. The van der Waals surface area contributed by atoms with Gasteiger partial charge in [-0.05, 0) is 50.5 Å². The van der Waals surface area contributed by atoms with Crippen molar-refractivity contribution in [3.05, 3.63) is 64.0 Å². The Labute approximate surface area is 125 Å². The first-order valence-electron chi connectivity index (χ1n) is 7.13. The molecule has 0 aromatic heterocycles. The lowest BCUT2D eigenvalue weighted by molar-refractivity contribution is 0.298. The van der Waals surface area contributed by atoms with E-state index in [0.29, 0.717) is 12.4 Å². The second-order valence-corrected chi connectivity index (χ2v) is 5.64. The number of nitrogens with two attached hydrogens (primary N) is 1. The Morgan fingerprint density at radius 1 is 1.10 bits per heavy atom. The molecule has 0 bridgehead atoms. The van der Waals surface area contributed by atoms with E-state index in [4.69, 9.17) is 10.5 Å². The van der Waals surface area contributed by atoms with Gasteiger partial charge in [-0.15, -0.1) is 0 Å². The van der Waals surface area contributed by atoms with Crippen molar-refractivity contribution in [2.24, 2.45) is 5.73 Å². The third-order valence-electron chi connectivity index (χ3n) is 3.68. The zero-order chi connectivity index (χ0) is 15.6. The van der Waals surface area contributed by atoms with Crippen molar-refractivity contribution in [2.45, 2.75) is 40.3 Å². The Morgan fingerprint density at radius 2 is 1.71 bits per heavy atom. The summed E-state index contributed by atoms with van der Waals surface area (Å²) in [4.78, 5) is 0. The lowest BCUT2D eigenvalue weighted by Gasteiger charge is -2.16. The largest absolute Gasteiger partial charge is 0.488 e. The molecule has 0 unspecified atom stereocenters. The average molecular weight is 287 g/mol. The van der Waals surface area contributed by atoms with E-state index >= 15 is 0 Å². The molecule has 0 saturated carbocycles. The minimum absolute atomic E-state index is 0.194. The first-order chi connectivity index (χ1) is 9.88. The molecule has 21 heavy (non-hydrogen) atoms. The molecular weight excluding hydrogens is 265 g/mol. The van der Waals surface area contributed by atoms with Gasteiger partial charge in [0.2, 0.25) is 0 Å². The molecule has 0 fully saturated rings. The molecule has 2 aromatic carbocycles. The quantitative estimate of drug-likeness (QED) is 0.907. The van der Waals surface area contributed by atoms with Gasteiger partial charge in [0.25, 0.3) is 0 Å². The molecule has 0 amide bonds. The molecule has 0 heterocycles. The highest BCUT2D eigenvalue weighted by atomic mass is 19.1. The van der Waals surface area contributed by atoms with E-state index in [9.17, 15) is 4.39 Å². The number of halogens is 1. The summed E-state index contributed by atoms with van der Waals surface area (Å²) < 4.78 is 19.3. The van der Waals surface area contributed by atoms with Crippen LogP contribution in [-0.2, 0) is 6.61 Å². The van der Waals surface area contributed by atoms with E-state index in [1.54, 1.807) is 6.07 Å². The Bertz CT molecular complexity index is 627. The summed E-state index contributed by atoms with van der Waals surface area (Å²) >= 11 is 0. The van der Waals surface area contributed by atoms with E-state index < -0.39 is 0 Å². The molecule has 1 atom stereocenters. The van der Waals surface area contributed by atoms with Gasteiger partial charge >= 0.3 is 0 Å². The van der Waals surface area contributed by atoms with E-state index in [1.807, 2.05) is 6.92 Å². The normalized spacial score (nSPS) is 12.3. The van der Waals surface area contributed by atoms with Crippen molar-refractivity contribution in [1.82, 2.24) is 0 Å². The second-order valence-electron chi connectivity index (χ2n) is 5.64. The first kappa shape index (κ1) is 15.5. The van der Waals surface area contributed by atoms with Gasteiger partial charge < -0.3 is 10.5 Å². The molecule has 3 heteroatoms. The monoisotopic (exact) mass is 287 g/mol. The SMILES string of the molecule is Cc1cc(C)c(COc2cc(F)ccc2[C@@H](C)N)c(C)c1. The molecular formula is C18H22FNO. The van der Waals surface area contributed by atoms with Gasteiger partial charge in [0.1, 0.15) is 18.2 Å². The van der Waals surface area contributed by atoms with Crippen LogP contribution in [0.4, 0.5) is 4.39 Å². The van der Waals surface area contributed by atoms with Crippen LogP contribution in [0.25, 0.3) is 0 Å². The van der Waals surface area contributed by atoms with Crippen LogP contribution < -0.4 is 10.5 Å². The summed E-state index contributed by atoms with van der Waals surface area (Å²) in [6.45, 7) is 8.49. The number of benzene rings is 2. The number of hydrogen-bond donors (Lipinski definition) is 1. The molecule has 0 radical (unpaired) electrons. The smallest absolute Gasteiger partial charge is 0.127 e. The highest BCUT2D eigenvalue weighted by Crippen LogP contribution is 2.27. The predicted octanol–water partition coefficient (Wildman–Crippen LogP) is 4.35. The summed E-state index contributed by atoms with van der Waals surface area (Å²) in [7, 11) is 0. The molecule has 2 rings (SSSR count). The zero-order valence-electron chi connectivity index (χ0n) is 13.0. The van der Waals surface area contributed by atoms with Crippen molar-refractivity contribution in [2.75, 3.05) is 0 Å². The average Bonchev–Trinajstić information content (AvgIpc) is 2.37. The van der Waals surface area contributed by atoms with Crippen molar-refractivity contribution >= 4 is 0 Å². The predicted molar refractivity (Wildman–Crippen MR) is 84.0 cm³/mol. The molecule has 2 aromatic rings. The van der Waals surface area contributed by atoms with E-state index in [-0.39, 0.29) is 11.9 Å². The van der Waals surface area contributed by atoms with Gasteiger partial charge in [0.15, 0.2) is 0 Å². The van der Waals surface area contributed by atoms with Crippen molar-refractivity contribution in [3.63, 3.8) is 0 Å². The number of aryl methyl sites for hydroxylation is 3. The van der Waals surface area contributed by atoms with Crippen LogP contribution in [0.2, 0.25) is 0 Å². The molecule has 2 N–H and O–H groups in total. The maximum absolute atomic E-state index is 13.4. The minimum Gasteiger partial charge on any atom is -0.488 e. The topological polar surface area (TPSA) is 35.2 Å². The Hall–Kier alpha value is -1.87. The summed E-state index contributed by atoms with van der Waals surface area (Å²) in [6, 6.07) is 8.56. The summed E-state index contributed by atoms with van der Waals surface area (Å²) in [5.41, 5.74) is 11.5. The molecule has 0 aliphatic heterocycles. The Morgan fingerprint density at radius 3 is 2.29 bits per heavy atom. The minimum atomic E-state index is -0.313. The number of ether oxygens (including phenoxy) is 1. The van der Waals surface area contributed by atoms with Crippen LogP contribution >= 0.6 is 0 Å². The second kappa shape index (κ2) is 6.27. The van der Waals surface area contributed by atoms with Gasteiger partial charge in [0.05, 0.1) is 0 Å². The highest BCUT2D eigenvalue weighted by molar-refractivity contribution is 5.39. The zero-order valence-corrected chi connectivity index (χ0v) is 13.0. The maximum atomic E-state index is 13.4. The van der Waals surface area contributed by atoms with Crippen LogP contribution in [-0.4, -0.2) is 0 Å². The van der Waals surface area contributed by atoms with Crippen LogP contribution in [0.15, 0.2) is 30.3 Å². The molecule has 0 saturated heterocycles. The Kier molecular flexibility index (Phi) is 4.63. The lowest BCUT2D eigenvalue weighted by atomic mass is 10.0. The van der Waals surface area contributed by atoms with Gasteiger partial charge in [-0.25, -0.2) is 4.39 Å². The Balaban J connectivity index is 2.26. The maximum Gasteiger partial charge on any atom is 0.127 e. The van der Waals surface area contributed by atoms with Crippen molar-refractivity contribution in [3.8, 4) is 5.75 Å². The van der Waals surface area contributed by atoms with Crippen LogP contribution in [0.3, 0.4) is 0 Å². The fraction of sp³-hybridized carbons (Fsp3) is 0.333. The molecule has 2 nitrogen and oxygen atoms in total. The van der Waals surface area contributed by atoms with Gasteiger partial charge in [-0.2, -0.15) is 0 Å². The van der Waals surface area contributed by atoms with Crippen LogP contribution in [0, 0.1) is 26.6 Å². The molecule has 0 aliphatic rings. The number of hydrogen-bond acceptors (Lipinski definition) is 2. The molecule has 0 aliphatic carbocycles. The first-order valence-corrected chi connectivity index (χ1v) is 7.13. The molecule has 112 valence electrons. The highest BCUT2D eigenvalue weighted by Gasteiger charge is 2.11. The fourth-order valence-corrected chi connectivity index (χ4v) is 2.60. The van der Waals surface area contributed by atoms with Gasteiger partial charge in [-0.3, -0.25) is 0 Å². The third-order valence-corrected chi connectivity index (χ3v) is 3.68. The van der Waals surface area contributed by atoms with Crippen LogP contribution in [0.1, 0.15) is 40.8 Å². The van der Waals surface area contributed by atoms with Crippen molar-refractivity contribution < 1.29 is 9.13 Å². The van der Waals surface area contributed by atoms with Crippen LogP contribution in [0.5, 0.6) is 5.75 Å². The number of rotatable bonds is 4. The summed E-state index contributed by atoms with van der Waals surface area (Å²) in [5, 5.41) is 0. The lowest BCUT2D eigenvalue weighted by Crippen LogP contribution is -2.09. The van der Waals surface area contributed by atoms with Gasteiger partial charge in [0, 0.05) is 17.7 Å². The van der Waals surface area contributed by atoms with E-state index in [1.165, 1.54) is 28.8 Å². The summed E-state index contributed by atoms with van der Waals surface area (Å²) in [5.74, 6) is 0.205.